The van der Waals surface area contributed by atoms with Gasteiger partial charge >= 0.3 is 0 Å². The average Bonchev–Trinajstić information content (AvgIpc) is 1.87. The van der Waals surface area contributed by atoms with E-state index < -0.39 is 0 Å². The summed E-state index contributed by atoms with van der Waals surface area (Å²) in [5.74, 6) is 0. The fourth-order valence-electron chi connectivity index (χ4n) is 2.05. The molecule has 2 fully saturated rings. The highest BCUT2D eigenvalue weighted by molar-refractivity contribution is 4.90. The van der Waals surface area contributed by atoms with Gasteiger partial charge in [-0.1, -0.05) is 6.42 Å². The van der Waals surface area contributed by atoms with Gasteiger partial charge in [-0.3, -0.25) is 0 Å². The Bertz CT molecular complexity index is 97.1. The van der Waals surface area contributed by atoms with Crippen molar-refractivity contribution in [1.29, 1.82) is 0 Å². The Hall–Kier alpha value is -0.0400. The first-order chi connectivity index (χ1) is 4.41. The summed E-state index contributed by atoms with van der Waals surface area (Å²) in [7, 11) is 0. The minimum absolute atomic E-state index is 0.807. The molecule has 1 radical (unpaired) electrons. The molecule has 0 aromatic heterocycles. The van der Waals surface area contributed by atoms with Crippen LogP contribution in [-0.2, 0) is 0 Å². The molecule has 1 saturated heterocycles. The van der Waals surface area contributed by atoms with E-state index in [0.29, 0.717) is 0 Å². The Morgan fingerprint density at radius 1 is 0.889 bits per heavy atom. The first kappa shape index (κ1) is 5.72. The van der Waals surface area contributed by atoms with Crippen LogP contribution in [0.2, 0.25) is 0 Å². The van der Waals surface area contributed by atoms with Crippen LogP contribution in [-0.4, -0.2) is 13.1 Å². The molecule has 1 aliphatic heterocycles. The molecule has 1 spiro atoms. The molecule has 0 N–H and O–H groups in total. The van der Waals surface area contributed by atoms with Crippen LogP contribution in [0.4, 0.5) is 0 Å². The van der Waals surface area contributed by atoms with E-state index in [-0.39, 0.29) is 0 Å². The maximum atomic E-state index is 4.35. The Balaban J connectivity index is 1.93. The summed E-state index contributed by atoms with van der Waals surface area (Å²) in [6.07, 6.45) is 7.28. The van der Waals surface area contributed by atoms with Crippen molar-refractivity contribution in [2.45, 2.75) is 32.1 Å². The van der Waals surface area contributed by atoms with Gasteiger partial charge in [-0.05, 0) is 31.1 Å². The lowest BCUT2D eigenvalue weighted by Crippen LogP contribution is -2.38. The molecule has 2 rings (SSSR count). The smallest absolute Gasteiger partial charge is 0.0138 e. The molecule has 1 heterocycles. The van der Waals surface area contributed by atoms with E-state index in [2.05, 4.69) is 5.32 Å². The van der Waals surface area contributed by atoms with Gasteiger partial charge in [-0.15, -0.1) is 0 Å². The summed E-state index contributed by atoms with van der Waals surface area (Å²) in [6, 6.07) is 0. The lowest BCUT2D eigenvalue weighted by molar-refractivity contribution is 0.0852. The molecule has 0 unspecified atom stereocenters. The van der Waals surface area contributed by atoms with Crippen LogP contribution >= 0.6 is 0 Å². The number of hydrogen-bond donors (Lipinski definition) is 0. The third-order valence-corrected chi connectivity index (χ3v) is 3.01. The maximum Gasteiger partial charge on any atom is 0.0138 e. The predicted molar refractivity (Wildman–Crippen MR) is 37.4 cm³/mol. The Morgan fingerprint density at radius 2 is 1.56 bits per heavy atom. The van der Waals surface area contributed by atoms with Crippen molar-refractivity contribution >= 4 is 0 Å². The largest absolute Gasteiger partial charge is 0.242 e. The van der Waals surface area contributed by atoms with Crippen LogP contribution in [0, 0.1) is 5.41 Å². The molecule has 0 aromatic rings. The highest BCUT2D eigenvalue weighted by Crippen LogP contribution is 2.47. The fraction of sp³-hybridized carbons (Fsp3) is 1.00. The second-order valence-corrected chi connectivity index (χ2v) is 3.52. The second-order valence-electron chi connectivity index (χ2n) is 3.52. The van der Waals surface area contributed by atoms with Crippen LogP contribution < -0.4 is 5.32 Å². The Labute approximate surface area is 56.8 Å². The van der Waals surface area contributed by atoms with Crippen LogP contribution in [0.3, 0.4) is 0 Å². The van der Waals surface area contributed by atoms with E-state index in [4.69, 9.17) is 0 Å². The molecule has 0 atom stereocenters. The van der Waals surface area contributed by atoms with E-state index in [1.165, 1.54) is 32.1 Å². The summed E-state index contributed by atoms with van der Waals surface area (Å²) < 4.78 is 0. The Kier molecular flexibility index (Phi) is 1.26. The van der Waals surface area contributed by atoms with E-state index in [9.17, 15) is 0 Å². The van der Waals surface area contributed by atoms with E-state index in [1.807, 2.05) is 0 Å². The summed E-state index contributed by atoms with van der Waals surface area (Å²) in [5.41, 5.74) is 0.807. The van der Waals surface area contributed by atoms with Crippen LogP contribution in [0.15, 0.2) is 0 Å². The first-order valence-corrected chi connectivity index (χ1v) is 4.05. The monoisotopic (exact) mass is 124 g/mol. The zero-order chi connectivity index (χ0) is 6.16. The van der Waals surface area contributed by atoms with Crippen molar-refractivity contribution in [1.82, 2.24) is 5.32 Å². The average molecular weight is 124 g/mol. The molecule has 1 heteroatoms. The summed E-state index contributed by atoms with van der Waals surface area (Å²) in [6.45, 7) is 2.31. The van der Waals surface area contributed by atoms with Gasteiger partial charge < -0.3 is 0 Å². The molecule has 0 aromatic carbocycles. The van der Waals surface area contributed by atoms with Crippen LogP contribution in [0.1, 0.15) is 32.1 Å². The van der Waals surface area contributed by atoms with Crippen molar-refractivity contribution in [3.8, 4) is 0 Å². The molecule has 1 saturated carbocycles. The Morgan fingerprint density at radius 3 is 1.89 bits per heavy atom. The normalized spacial score (nSPS) is 32.0. The van der Waals surface area contributed by atoms with Crippen molar-refractivity contribution in [2.75, 3.05) is 13.1 Å². The number of hydrogen-bond acceptors (Lipinski definition) is 0. The molecule has 9 heavy (non-hydrogen) atoms. The molecule has 1 nitrogen and oxygen atoms in total. The van der Waals surface area contributed by atoms with Crippen molar-refractivity contribution in [3.63, 3.8) is 0 Å². The molecular weight excluding hydrogens is 110 g/mol. The highest BCUT2D eigenvalue weighted by atomic mass is 14.9. The zero-order valence-corrected chi connectivity index (χ0v) is 5.90. The lowest BCUT2D eigenvalue weighted by atomic mass is 9.63. The van der Waals surface area contributed by atoms with Gasteiger partial charge in [-0.2, -0.15) is 0 Å². The van der Waals surface area contributed by atoms with Crippen molar-refractivity contribution < 1.29 is 0 Å². The highest BCUT2D eigenvalue weighted by Gasteiger charge is 2.37. The summed E-state index contributed by atoms with van der Waals surface area (Å²) in [5, 5.41) is 4.35. The van der Waals surface area contributed by atoms with Crippen molar-refractivity contribution in [3.05, 3.63) is 0 Å². The number of rotatable bonds is 0. The quantitative estimate of drug-likeness (QED) is 0.465. The first-order valence-electron chi connectivity index (χ1n) is 4.05. The van der Waals surface area contributed by atoms with Gasteiger partial charge in [0.1, 0.15) is 0 Å². The summed E-state index contributed by atoms with van der Waals surface area (Å²) in [4.78, 5) is 0. The number of piperidine rings is 1. The predicted octanol–water partition coefficient (Wildman–Crippen LogP) is 1.55. The summed E-state index contributed by atoms with van der Waals surface area (Å²) >= 11 is 0. The van der Waals surface area contributed by atoms with E-state index >= 15 is 0 Å². The standard InChI is InChI=1S/C8H14N/c1-2-8(3-1)4-6-9-7-5-8/h1-7H2. The molecule has 51 valence electrons. The number of nitrogens with zero attached hydrogens (tertiary/aromatic N) is 1. The van der Waals surface area contributed by atoms with Crippen molar-refractivity contribution in [2.24, 2.45) is 5.41 Å². The fourth-order valence-corrected chi connectivity index (χ4v) is 2.05. The minimum atomic E-state index is 0.807. The van der Waals surface area contributed by atoms with E-state index in [0.717, 1.165) is 18.5 Å². The third-order valence-electron chi connectivity index (χ3n) is 3.01. The van der Waals surface area contributed by atoms with Gasteiger partial charge in [0.15, 0.2) is 0 Å². The maximum absolute atomic E-state index is 4.35. The zero-order valence-electron chi connectivity index (χ0n) is 5.90. The van der Waals surface area contributed by atoms with Gasteiger partial charge in [-0.25, -0.2) is 5.32 Å². The second kappa shape index (κ2) is 1.98. The van der Waals surface area contributed by atoms with Crippen LogP contribution in [0.5, 0.6) is 0 Å². The third kappa shape index (κ3) is 0.877. The van der Waals surface area contributed by atoms with Gasteiger partial charge in [0.05, 0.1) is 0 Å². The molecule has 0 amide bonds. The lowest BCUT2D eigenvalue weighted by Gasteiger charge is -2.44. The topological polar surface area (TPSA) is 14.1 Å². The SMILES string of the molecule is C1CC2(C1)CC[N]CC2. The molecule has 0 bridgehead atoms. The van der Waals surface area contributed by atoms with Gasteiger partial charge in [0.2, 0.25) is 0 Å². The van der Waals surface area contributed by atoms with Gasteiger partial charge in [0.25, 0.3) is 0 Å². The molecule has 2 aliphatic rings. The van der Waals surface area contributed by atoms with E-state index in [1.54, 1.807) is 0 Å². The molecule has 1 aliphatic carbocycles. The minimum Gasteiger partial charge on any atom is -0.242 e. The van der Waals surface area contributed by atoms with Crippen LogP contribution in [0.25, 0.3) is 0 Å². The molecular formula is C8H14N. The van der Waals surface area contributed by atoms with Gasteiger partial charge in [0, 0.05) is 13.1 Å².